The Hall–Kier alpha value is -4.31. The summed E-state index contributed by atoms with van der Waals surface area (Å²) in [6, 6.07) is 21.9. The van der Waals surface area contributed by atoms with Crippen molar-refractivity contribution in [1.82, 2.24) is 4.90 Å². The van der Waals surface area contributed by atoms with E-state index in [9.17, 15) is 29.7 Å². The van der Waals surface area contributed by atoms with Crippen LogP contribution >= 0.6 is 0 Å². The van der Waals surface area contributed by atoms with E-state index < -0.39 is 29.4 Å². The largest absolute Gasteiger partial charge is 0.394 e. The van der Waals surface area contributed by atoms with Crippen molar-refractivity contribution in [3.63, 3.8) is 0 Å². The van der Waals surface area contributed by atoms with Crippen molar-refractivity contribution in [2.45, 2.75) is 57.5 Å². The van der Waals surface area contributed by atoms with Gasteiger partial charge in [-0.25, -0.2) is 0 Å². The summed E-state index contributed by atoms with van der Waals surface area (Å²) in [7, 11) is 0. The molecule has 0 radical (unpaired) electrons. The number of carbonyl (C=O) groups is 3. The Kier molecular flexibility index (Phi) is 8.77. The van der Waals surface area contributed by atoms with E-state index in [1.54, 1.807) is 42.2 Å². The van der Waals surface area contributed by atoms with Crippen molar-refractivity contribution in [3.05, 3.63) is 107 Å². The molecule has 2 aliphatic rings. The number of nitrogens with zero attached hydrogens (tertiary/aromatic N) is 2. The molecule has 224 valence electrons. The lowest BCUT2D eigenvalue weighted by Gasteiger charge is -2.36. The highest BCUT2D eigenvalue weighted by molar-refractivity contribution is 6.08. The lowest BCUT2D eigenvalue weighted by Crippen LogP contribution is -2.46. The van der Waals surface area contributed by atoms with Gasteiger partial charge < -0.3 is 30.4 Å². The molecule has 4 N–H and O–H groups in total. The van der Waals surface area contributed by atoms with Gasteiger partial charge in [0.2, 0.25) is 5.91 Å². The van der Waals surface area contributed by atoms with Crippen LogP contribution in [0, 0.1) is 5.92 Å². The molecule has 5 rings (SSSR count). The normalized spacial score (nSPS) is 21.0. The number of aliphatic hydroxyl groups is 3. The molecule has 0 unspecified atom stereocenters. The van der Waals surface area contributed by atoms with Crippen molar-refractivity contribution >= 4 is 29.1 Å². The smallest absolute Gasteiger partial charge is 0.264 e. The first kappa shape index (κ1) is 30.2. The number of rotatable bonds is 9. The quantitative estimate of drug-likeness (QED) is 0.286. The van der Waals surface area contributed by atoms with E-state index in [0.717, 1.165) is 16.7 Å². The molecule has 0 aliphatic carbocycles. The topological polar surface area (TPSA) is 130 Å². The molecule has 0 spiro atoms. The maximum absolute atomic E-state index is 13.9. The summed E-state index contributed by atoms with van der Waals surface area (Å²) in [4.78, 5) is 42.5. The number of hydrogen-bond donors (Lipinski definition) is 4. The molecule has 9 nitrogen and oxygen atoms in total. The molecular weight excluding hydrogens is 546 g/mol. The van der Waals surface area contributed by atoms with Gasteiger partial charge >= 0.3 is 0 Å². The molecular formula is C34H37N3O6. The van der Waals surface area contributed by atoms with Crippen LogP contribution < -0.4 is 10.2 Å². The van der Waals surface area contributed by atoms with Crippen LogP contribution in [0.4, 0.5) is 11.4 Å². The Morgan fingerprint density at radius 3 is 2.44 bits per heavy atom. The van der Waals surface area contributed by atoms with Crippen LogP contribution in [-0.2, 0) is 39.5 Å². The molecule has 0 bridgehead atoms. The average molecular weight is 584 g/mol. The van der Waals surface area contributed by atoms with Gasteiger partial charge in [0.05, 0.1) is 24.9 Å². The molecule has 4 atom stereocenters. The molecule has 3 aromatic carbocycles. The first-order valence-electron chi connectivity index (χ1n) is 14.5. The number of hydrogen-bond acceptors (Lipinski definition) is 6. The predicted molar refractivity (Wildman–Crippen MR) is 163 cm³/mol. The zero-order chi connectivity index (χ0) is 30.7. The molecule has 0 fully saturated rings. The predicted octanol–water partition coefficient (Wildman–Crippen LogP) is 3.27. The van der Waals surface area contributed by atoms with Crippen molar-refractivity contribution in [1.29, 1.82) is 0 Å². The zero-order valence-corrected chi connectivity index (χ0v) is 24.3. The summed E-state index contributed by atoms with van der Waals surface area (Å²) in [5.74, 6) is -2.01. The fourth-order valence-electron chi connectivity index (χ4n) is 5.87. The van der Waals surface area contributed by atoms with Crippen LogP contribution in [0.3, 0.4) is 0 Å². The molecule has 3 aromatic rings. The molecule has 9 heteroatoms. The monoisotopic (exact) mass is 583 g/mol. The molecule has 43 heavy (non-hydrogen) atoms. The minimum Gasteiger partial charge on any atom is -0.394 e. The minimum atomic E-state index is -1.97. The summed E-state index contributed by atoms with van der Waals surface area (Å²) < 4.78 is 0. The Balaban J connectivity index is 1.39. The summed E-state index contributed by atoms with van der Waals surface area (Å²) in [5.41, 5.74) is 2.27. The van der Waals surface area contributed by atoms with Crippen LogP contribution in [0.2, 0.25) is 0 Å². The van der Waals surface area contributed by atoms with E-state index in [2.05, 4.69) is 5.32 Å². The van der Waals surface area contributed by atoms with Gasteiger partial charge in [0, 0.05) is 30.1 Å². The van der Waals surface area contributed by atoms with Gasteiger partial charge in [-0.2, -0.15) is 0 Å². The van der Waals surface area contributed by atoms with Gasteiger partial charge in [0.25, 0.3) is 11.8 Å². The summed E-state index contributed by atoms with van der Waals surface area (Å²) in [6.45, 7) is 3.57. The van der Waals surface area contributed by atoms with Crippen LogP contribution in [-0.4, -0.2) is 56.7 Å². The van der Waals surface area contributed by atoms with Gasteiger partial charge in [0.15, 0.2) is 5.60 Å². The molecule has 0 saturated carbocycles. The third-order valence-electron chi connectivity index (χ3n) is 8.36. The second-order valence-corrected chi connectivity index (χ2v) is 11.3. The zero-order valence-electron chi connectivity index (χ0n) is 24.3. The number of nitrogens with one attached hydrogen (secondary N) is 1. The van der Waals surface area contributed by atoms with E-state index in [1.165, 1.54) is 11.8 Å². The van der Waals surface area contributed by atoms with Gasteiger partial charge in [-0.3, -0.25) is 14.4 Å². The van der Waals surface area contributed by atoms with Gasteiger partial charge in [0.1, 0.15) is 6.10 Å². The second kappa shape index (κ2) is 12.5. The fourth-order valence-corrected chi connectivity index (χ4v) is 5.87. The Morgan fingerprint density at radius 2 is 1.74 bits per heavy atom. The van der Waals surface area contributed by atoms with E-state index in [1.807, 2.05) is 54.6 Å². The Bertz CT molecular complexity index is 1540. The number of carbonyl (C=O) groups excluding carboxylic acids is 3. The van der Waals surface area contributed by atoms with E-state index >= 15 is 0 Å². The van der Waals surface area contributed by atoms with Crippen LogP contribution in [0.5, 0.6) is 0 Å². The Morgan fingerprint density at radius 1 is 1.05 bits per heavy atom. The lowest BCUT2D eigenvalue weighted by molar-refractivity contribution is -0.139. The van der Waals surface area contributed by atoms with E-state index in [-0.39, 0.29) is 31.5 Å². The SMILES string of the molecule is C[C@H](O)C(=O)Nc1ccc2c(c1)[C@](O)([C@@H](C)/C=C/CC(=O)N1Cc3ccccc3C[C@H]1CO)C(=O)N2Cc1ccccc1. The molecule has 2 aliphatic heterocycles. The summed E-state index contributed by atoms with van der Waals surface area (Å²) >= 11 is 0. The van der Waals surface area contributed by atoms with Crippen molar-refractivity contribution < 1.29 is 29.7 Å². The summed E-state index contributed by atoms with van der Waals surface area (Å²) in [5, 5.41) is 34.3. The standard InChI is InChI=1S/C34H37N3O6/c1-22(9-8-14-31(40)36-20-26-13-7-6-12-25(26)17-28(36)21-38)34(43)29-18-27(35-32(41)23(2)39)15-16-30(29)37(33(34)42)19-24-10-4-3-5-11-24/h3-13,15-16,18,22-23,28,38-39,43H,14,17,19-21H2,1-2H3,(H,35,41)/b9-8+/t22-,23-,28-,34+/m0/s1. The highest BCUT2D eigenvalue weighted by atomic mass is 16.3. The first-order valence-corrected chi connectivity index (χ1v) is 14.5. The summed E-state index contributed by atoms with van der Waals surface area (Å²) in [6.07, 6.45) is 2.71. The number of benzene rings is 3. The maximum atomic E-state index is 13.9. The molecule has 2 heterocycles. The van der Waals surface area contributed by atoms with Crippen molar-refractivity contribution in [3.8, 4) is 0 Å². The average Bonchev–Trinajstić information content (AvgIpc) is 3.22. The van der Waals surface area contributed by atoms with Gasteiger partial charge in [-0.05, 0) is 48.2 Å². The molecule has 3 amide bonds. The number of fused-ring (bicyclic) bond motifs is 2. The highest BCUT2D eigenvalue weighted by Crippen LogP contribution is 2.47. The second-order valence-electron chi connectivity index (χ2n) is 11.3. The Labute approximate surface area is 251 Å². The van der Waals surface area contributed by atoms with Crippen molar-refractivity contribution in [2.24, 2.45) is 5.92 Å². The number of aliphatic hydroxyl groups excluding tert-OH is 2. The van der Waals surface area contributed by atoms with Gasteiger partial charge in [-0.1, -0.05) is 73.7 Å². The van der Waals surface area contributed by atoms with E-state index in [0.29, 0.717) is 29.9 Å². The van der Waals surface area contributed by atoms with Crippen LogP contribution in [0.25, 0.3) is 0 Å². The third kappa shape index (κ3) is 5.97. The first-order chi connectivity index (χ1) is 20.6. The van der Waals surface area contributed by atoms with Gasteiger partial charge in [-0.15, -0.1) is 0 Å². The van der Waals surface area contributed by atoms with Crippen molar-refractivity contribution in [2.75, 3.05) is 16.8 Å². The molecule has 0 saturated heterocycles. The lowest BCUT2D eigenvalue weighted by atomic mass is 9.82. The fraction of sp³-hybridized carbons (Fsp3) is 0.324. The van der Waals surface area contributed by atoms with Crippen LogP contribution in [0.15, 0.2) is 84.9 Å². The minimum absolute atomic E-state index is 0.0400. The maximum Gasteiger partial charge on any atom is 0.264 e. The molecule has 0 aromatic heterocycles. The van der Waals surface area contributed by atoms with E-state index in [4.69, 9.17) is 0 Å². The highest BCUT2D eigenvalue weighted by Gasteiger charge is 2.52. The number of anilines is 2. The number of amides is 3. The van der Waals surface area contributed by atoms with Crippen LogP contribution in [0.1, 0.15) is 42.5 Å². The third-order valence-corrected chi connectivity index (χ3v) is 8.36.